The highest BCUT2D eigenvalue weighted by molar-refractivity contribution is 5.96. The van der Waals surface area contributed by atoms with Crippen LogP contribution in [0.2, 0.25) is 0 Å². The van der Waals surface area contributed by atoms with Gasteiger partial charge in [-0.1, -0.05) is 19.1 Å². The lowest BCUT2D eigenvalue weighted by atomic mass is 9.97. The molecule has 0 saturated carbocycles. The van der Waals surface area contributed by atoms with E-state index in [1.165, 1.54) is 11.1 Å². The van der Waals surface area contributed by atoms with Crippen molar-refractivity contribution in [3.63, 3.8) is 0 Å². The van der Waals surface area contributed by atoms with Crippen molar-refractivity contribution in [3.05, 3.63) is 34.9 Å². The van der Waals surface area contributed by atoms with Gasteiger partial charge in [-0.3, -0.25) is 4.79 Å². The van der Waals surface area contributed by atoms with E-state index in [4.69, 9.17) is 0 Å². The summed E-state index contributed by atoms with van der Waals surface area (Å²) in [6, 6.07) is 6.11. The van der Waals surface area contributed by atoms with Crippen molar-refractivity contribution in [2.75, 3.05) is 6.54 Å². The Morgan fingerprint density at radius 3 is 3.08 bits per heavy atom. The maximum absolute atomic E-state index is 11.4. The zero-order chi connectivity index (χ0) is 9.26. The number of hydrogen-bond acceptors (Lipinski definition) is 1. The topological polar surface area (TPSA) is 29.1 Å². The quantitative estimate of drug-likeness (QED) is 0.689. The van der Waals surface area contributed by atoms with Crippen LogP contribution in [-0.4, -0.2) is 12.5 Å². The molecule has 0 radical (unpaired) electrons. The molecule has 1 amide bonds. The van der Waals surface area contributed by atoms with Crippen LogP contribution >= 0.6 is 0 Å². The van der Waals surface area contributed by atoms with Gasteiger partial charge in [-0.15, -0.1) is 0 Å². The Hall–Kier alpha value is -1.31. The van der Waals surface area contributed by atoms with Crippen LogP contribution in [0.4, 0.5) is 0 Å². The van der Waals surface area contributed by atoms with Gasteiger partial charge in [0.2, 0.25) is 0 Å². The molecule has 1 aliphatic rings. The highest BCUT2D eigenvalue weighted by Gasteiger charge is 2.15. The molecule has 0 fully saturated rings. The van der Waals surface area contributed by atoms with E-state index >= 15 is 0 Å². The van der Waals surface area contributed by atoms with Gasteiger partial charge in [-0.2, -0.15) is 0 Å². The molecule has 1 N–H and O–H groups in total. The van der Waals surface area contributed by atoms with E-state index < -0.39 is 0 Å². The normalized spacial score (nSPS) is 15.0. The Labute approximate surface area is 78.0 Å². The standard InChI is InChI=1S/C11H13NO/c1-2-8-3-4-10-9(7-8)5-6-12-11(10)13/h3-4,7H,2,5-6H2,1H3,(H,12,13). The van der Waals surface area contributed by atoms with Crippen LogP contribution in [-0.2, 0) is 12.8 Å². The van der Waals surface area contributed by atoms with Crippen molar-refractivity contribution in [2.45, 2.75) is 19.8 Å². The number of carbonyl (C=O) groups excluding carboxylic acids is 1. The lowest BCUT2D eigenvalue weighted by Gasteiger charge is -2.16. The first-order valence-corrected chi connectivity index (χ1v) is 4.71. The van der Waals surface area contributed by atoms with Gasteiger partial charge < -0.3 is 5.32 Å². The van der Waals surface area contributed by atoms with Crippen LogP contribution in [0.1, 0.15) is 28.4 Å². The van der Waals surface area contributed by atoms with Gasteiger partial charge in [0.25, 0.3) is 5.91 Å². The molecule has 0 unspecified atom stereocenters. The molecule has 0 aromatic heterocycles. The number of fused-ring (bicyclic) bond motifs is 1. The third kappa shape index (κ3) is 1.44. The summed E-state index contributed by atoms with van der Waals surface area (Å²) in [6.45, 7) is 2.91. The Morgan fingerprint density at radius 1 is 1.46 bits per heavy atom. The summed E-state index contributed by atoms with van der Waals surface area (Å²) in [5, 5.41) is 2.84. The van der Waals surface area contributed by atoms with Crippen molar-refractivity contribution in [1.82, 2.24) is 5.32 Å². The van der Waals surface area contributed by atoms with E-state index in [0.717, 1.165) is 24.9 Å². The number of aryl methyl sites for hydroxylation is 1. The molecule has 0 atom stereocenters. The van der Waals surface area contributed by atoms with Crippen LogP contribution in [0.5, 0.6) is 0 Å². The Bertz CT molecular complexity index is 344. The number of carbonyl (C=O) groups is 1. The van der Waals surface area contributed by atoms with Crippen LogP contribution in [0.3, 0.4) is 0 Å². The Balaban J connectivity index is 2.45. The van der Waals surface area contributed by atoms with Gasteiger partial charge in [0.1, 0.15) is 0 Å². The first kappa shape index (κ1) is 8.30. The largest absolute Gasteiger partial charge is 0.352 e. The SMILES string of the molecule is CCc1ccc2c(c1)CCNC2=O. The van der Waals surface area contributed by atoms with Crippen molar-refractivity contribution in [2.24, 2.45) is 0 Å². The minimum absolute atomic E-state index is 0.0731. The van der Waals surface area contributed by atoms with Crippen LogP contribution in [0, 0.1) is 0 Å². The zero-order valence-electron chi connectivity index (χ0n) is 7.76. The molecule has 0 aliphatic carbocycles. The summed E-state index contributed by atoms with van der Waals surface area (Å²) in [7, 11) is 0. The van der Waals surface area contributed by atoms with E-state index in [1.807, 2.05) is 12.1 Å². The number of benzene rings is 1. The predicted molar refractivity (Wildman–Crippen MR) is 51.9 cm³/mol. The molecule has 13 heavy (non-hydrogen) atoms. The second-order valence-corrected chi connectivity index (χ2v) is 3.35. The van der Waals surface area contributed by atoms with Gasteiger partial charge in [0.05, 0.1) is 0 Å². The van der Waals surface area contributed by atoms with Crippen molar-refractivity contribution >= 4 is 5.91 Å². The molecule has 2 rings (SSSR count). The summed E-state index contributed by atoms with van der Waals surface area (Å²) in [5.74, 6) is 0.0731. The molecule has 68 valence electrons. The van der Waals surface area contributed by atoms with Gasteiger partial charge in [0.15, 0.2) is 0 Å². The van der Waals surface area contributed by atoms with Crippen LogP contribution < -0.4 is 5.32 Å². The van der Waals surface area contributed by atoms with Gasteiger partial charge >= 0.3 is 0 Å². The highest BCUT2D eigenvalue weighted by atomic mass is 16.1. The van der Waals surface area contributed by atoms with Gasteiger partial charge in [-0.05, 0) is 30.0 Å². The van der Waals surface area contributed by atoms with Gasteiger partial charge in [0, 0.05) is 12.1 Å². The smallest absolute Gasteiger partial charge is 0.251 e. The van der Waals surface area contributed by atoms with Crippen LogP contribution in [0.25, 0.3) is 0 Å². The lowest BCUT2D eigenvalue weighted by Crippen LogP contribution is -2.31. The molecular weight excluding hydrogens is 162 g/mol. The van der Waals surface area contributed by atoms with Crippen LogP contribution in [0.15, 0.2) is 18.2 Å². The molecule has 1 aliphatic heterocycles. The second-order valence-electron chi connectivity index (χ2n) is 3.35. The third-order valence-corrected chi connectivity index (χ3v) is 2.50. The molecule has 0 saturated heterocycles. The fourth-order valence-corrected chi connectivity index (χ4v) is 1.70. The molecule has 0 spiro atoms. The third-order valence-electron chi connectivity index (χ3n) is 2.50. The summed E-state index contributed by atoms with van der Waals surface area (Å²) >= 11 is 0. The Morgan fingerprint density at radius 2 is 2.31 bits per heavy atom. The molecule has 2 nitrogen and oxygen atoms in total. The fraction of sp³-hybridized carbons (Fsp3) is 0.364. The minimum Gasteiger partial charge on any atom is -0.352 e. The van der Waals surface area contributed by atoms with E-state index in [9.17, 15) is 4.79 Å². The van der Waals surface area contributed by atoms with E-state index in [1.54, 1.807) is 0 Å². The summed E-state index contributed by atoms with van der Waals surface area (Å²) < 4.78 is 0. The maximum Gasteiger partial charge on any atom is 0.251 e. The molecule has 1 heterocycles. The molecular formula is C11H13NO. The van der Waals surface area contributed by atoms with E-state index in [-0.39, 0.29) is 5.91 Å². The van der Waals surface area contributed by atoms with E-state index in [2.05, 4.69) is 18.3 Å². The number of nitrogens with one attached hydrogen (secondary N) is 1. The second kappa shape index (κ2) is 3.21. The number of rotatable bonds is 1. The molecule has 1 aromatic rings. The van der Waals surface area contributed by atoms with E-state index in [0.29, 0.717) is 0 Å². The summed E-state index contributed by atoms with van der Waals surface area (Å²) in [4.78, 5) is 11.4. The maximum atomic E-state index is 11.4. The van der Waals surface area contributed by atoms with Crippen molar-refractivity contribution < 1.29 is 4.79 Å². The minimum atomic E-state index is 0.0731. The number of hydrogen-bond donors (Lipinski definition) is 1. The molecule has 2 heteroatoms. The predicted octanol–water partition coefficient (Wildman–Crippen LogP) is 1.53. The first-order valence-electron chi connectivity index (χ1n) is 4.71. The fourth-order valence-electron chi connectivity index (χ4n) is 1.70. The highest BCUT2D eigenvalue weighted by Crippen LogP contribution is 2.15. The average Bonchev–Trinajstić information content (AvgIpc) is 2.18. The zero-order valence-corrected chi connectivity index (χ0v) is 7.76. The Kier molecular flexibility index (Phi) is 2.05. The number of amides is 1. The monoisotopic (exact) mass is 175 g/mol. The lowest BCUT2D eigenvalue weighted by molar-refractivity contribution is 0.0946. The summed E-state index contributed by atoms with van der Waals surface area (Å²) in [5.41, 5.74) is 3.36. The van der Waals surface area contributed by atoms with Crippen molar-refractivity contribution in [1.29, 1.82) is 0 Å². The first-order chi connectivity index (χ1) is 6.31. The van der Waals surface area contributed by atoms with Crippen molar-refractivity contribution in [3.8, 4) is 0 Å². The summed E-state index contributed by atoms with van der Waals surface area (Å²) in [6.07, 6.45) is 2.00. The molecule has 0 bridgehead atoms. The van der Waals surface area contributed by atoms with Gasteiger partial charge in [-0.25, -0.2) is 0 Å². The molecule has 1 aromatic carbocycles. The average molecular weight is 175 g/mol.